The molecule has 0 radical (unpaired) electrons. The maximum absolute atomic E-state index is 14.9. The van der Waals surface area contributed by atoms with Crippen LogP contribution in [-0.4, -0.2) is 52.3 Å². The van der Waals surface area contributed by atoms with Crippen LogP contribution in [0.1, 0.15) is 34.6 Å². The summed E-state index contributed by atoms with van der Waals surface area (Å²) in [6, 6.07) is 8.38. The molecule has 0 saturated carbocycles. The number of pyridine rings is 1. The number of thiazole rings is 1. The fourth-order valence-corrected chi connectivity index (χ4v) is 4.23. The van der Waals surface area contributed by atoms with Crippen LogP contribution in [0.2, 0.25) is 0 Å². The first-order valence-corrected chi connectivity index (χ1v) is 12.6. The fraction of sp³-hybridized carbons (Fsp3) is 0.231. The Morgan fingerprint density at radius 3 is 2.49 bits per heavy atom. The van der Waals surface area contributed by atoms with Gasteiger partial charge >= 0.3 is 0 Å². The van der Waals surface area contributed by atoms with E-state index in [2.05, 4.69) is 31.2 Å². The molecule has 2 aromatic carbocycles. The Labute approximate surface area is 225 Å². The van der Waals surface area contributed by atoms with E-state index in [4.69, 9.17) is 0 Å². The molecule has 0 aliphatic carbocycles. The number of hydrogen-bond donors (Lipinski definition) is 5. The van der Waals surface area contributed by atoms with Gasteiger partial charge in [0.25, 0.3) is 11.8 Å². The predicted molar refractivity (Wildman–Crippen MR) is 144 cm³/mol. The summed E-state index contributed by atoms with van der Waals surface area (Å²) in [5.41, 5.74) is 0.595. The van der Waals surface area contributed by atoms with Crippen molar-refractivity contribution in [3.8, 4) is 0 Å². The zero-order valence-corrected chi connectivity index (χ0v) is 21.9. The maximum atomic E-state index is 14.9. The number of nitrogens with one attached hydrogen (secondary N) is 4. The number of carbonyl (C=O) groups excluding carboxylic acids is 2. The van der Waals surface area contributed by atoms with Gasteiger partial charge in [-0.3, -0.25) is 9.59 Å². The van der Waals surface area contributed by atoms with Gasteiger partial charge < -0.3 is 26.4 Å². The Bertz CT molecular complexity index is 1540. The van der Waals surface area contributed by atoms with Crippen molar-refractivity contribution in [2.45, 2.75) is 25.6 Å². The Morgan fingerprint density at radius 2 is 1.77 bits per heavy atom. The highest BCUT2D eigenvalue weighted by atomic mass is 32.1. The van der Waals surface area contributed by atoms with Gasteiger partial charge in [0.05, 0.1) is 50.4 Å². The maximum Gasteiger partial charge on any atom is 0.255 e. The summed E-state index contributed by atoms with van der Waals surface area (Å²) >= 11 is 1.45. The van der Waals surface area contributed by atoms with Gasteiger partial charge in [0.2, 0.25) is 0 Å². The largest absolute Gasteiger partial charge is 0.387 e. The molecule has 39 heavy (non-hydrogen) atoms. The van der Waals surface area contributed by atoms with E-state index in [-0.39, 0.29) is 22.8 Å². The van der Waals surface area contributed by atoms with E-state index in [1.807, 2.05) is 12.1 Å². The van der Waals surface area contributed by atoms with Gasteiger partial charge in [-0.05, 0) is 38.1 Å². The quantitative estimate of drug-likeness (QED) is 0.202. The lowest BCUT2D eigenvalue weighted by atomic mass is 10.0. The number of anilines is 4. The van der Waals surface area contributed by atoms with Crippen LogP contribution >= 0.6 is 11.3 Å². The molecule has 2 aromatic heterocycles. The van der Waals surface area contributed by atoms with Crippen molar-refractivity contribution in [1.29, 1.82) is 0 Å². The lowest BCUT2D eigenvalue weighted by Crippen LogP contribution is -2.42. The Balaban J connectivity index is 1.67. The van der Waals surface area contributed by atoms with Crippen LogP contribution in [0.25, 0.3) is 10.2 Å². The number of rotatable bonds is 9. The summed E-state index contributed by atoms with van der Waals surface area (Å²) in [6.45, 7) is 2.03. The van der Waals surface area contributed by atoms with Gasteiger partial charge in [-0.2, -0.15) is 0 Å². The number of amides is 2. The third kappa shape index (κ3) is 6.44. The number of aliphatic hydroxyl groups is 1. The van der Waals surface area contributed by atoms with Gasteiger partial charge in [-0.15, -0.1) is 11.3 Å². The van der Waals surface area contributed by atoms with Crippen molar-refractivity contribution in [2.75, 3.05) is 24.2 Å². The number of alkyl halides is 1. The van der Waals surface area contributed by atoms with Crippen molar-refractivity contribution in [3.63, 3.8) is 0 Å². The highest BCUT2D eigenvalue weighted by Gasteiger charge is 2.27. The van der Waals surface area contributed by atoms with Crippen molar-refractivity contribution < 1.29 is 27.9 Å². The minimum atomic E-state index is -1.77. The Morgan fingerprint density at radius 1 is 1.00 bits per heavy atom. The summed E-state index contributed by atoms with van der Waals surface area (Å²) in [5.74, 6) is -3.24. The van der Waals surface area contributed by atoms with Crippen LogP contribution in [0.15, 0.2) is 48.1 Å². The van der Waals surface area contributed by atoms with E-state index in [0.717, 1.165) is 22.3 Å². The fourth-order valence-electron chi connectivity index (χ4n) is 3.51. The zero-order valence-electron chi connectivity index (χ0n) is 21.1. The molecular formula is C26H25F3N6O3S. The molecule has 13 heteroatoms. The van der Waals surface area contributed by atoms with Crippen molar-refractivity contribution in [2.24, 2.45) is 0 Å². The standard InChI is InChI=1S/C26H25F3N6O3S/c1-26(2,38)22(29)11-32-25(37)15-10-31-23(34-13-4-5-18-21(6-13)39-12-33-18)9-19(15)35-20-8-16(27)14(7-17(20)28)24(36)30-3/h4-10,12,22,38H,11H2,1-3H3,(H,30,36)(H,32,37)(H2,31,34,35). The number of nitrogens with zero attached hydrogens (tertiary/aromatic N) is 2. The lowest BCUT2D eigenvalue weighted by molar-refractivity contribution is -0.00178. The highest BCUT2D eigenvalue weighted by molar-refractivity contribution is 7.16. The monoisotopic (exact) mass is 558 g/mol. The second-order valence-corrected chi connectivity index (χ2v) is 10.0. The Hall–Kier alpha value is -4.23. The SMILES string of the molecule is CNC(=O)c1cc(F)c(Nc2cc(Nc3ccc4ncsc4c3)ncc2C(=O)NCC(F)C(C)(C)O)cc1F. The van der Waals surface area contributed by atoms with Gasteiger partial charge in [0, 0.05) is 31.1 Å². The van der Waals surface area contributed by atoms with E-state index in [1.54, 1.807) is 11.6 Å². The summed E-state index contributed by atoms with van der Waals surface area (Å²) in [6.07, 6.45) is -0.576. The second-order valence-electron chi connectivity index (χ2n) is 9.12. The molecule has 4 aromatic rings. The number of hydrogen-bond acceptors (Lipinski definition) is 8. The molecule has 1 unspecified atom stereocenters. The molecule has 9 nitrogen and oxygen atoms in total. The first kappa shape index (κ1) is 27.8. The lowest BCUT2D eigenvalue weighted by Gasteiger charge is -2.22. The summed E-state index contributed by atoms with van der Waals surface area (Å²) in [5, 5.41) is 20.2. The molecule has 2 amide bonds. The van der Waals surface area contributed by atoms with Gasteiger partial charge in [0.1, 0.15) is 23.6 Å². The third-order valence-corrected chi connectivity index (χ3v) is 6.55. The summed E-state index contributed by atoms with van der Waals surface area (Å²) < 4.78 is 44.6. The van der Waals surface area contributed by atoms with Crippen molar-refractivity contribution in [3.05, 3.63) is 70.9 Å². The molecule has 0 aliphatic rings. The summed E-state index contributed by atoms with van der Waals surface area (Å²) in [4.78, 5) is 33.2. The molecule has 204 valence electrons. The smallest absolute Gasteiger partial charge is 0.255 e. The second kappa shape index (κ2) is 11.3. The zero-order chi connectivity index (χ0) is 28.3. The molecule has 0 spiro atoms. The van der Waals surface area contributed by atoms with Crippen LogP contribution in [0, 0.1) is 11.6 Å². The minimum absolute atomic E-state index is 0.0218. The first-order valence-electron chi connectivity index (χ1n) is 11.7. The van der Waals surface area contributed by atoms with E-state index < -0.39 is 47.3 Å². The predicted octanol–water partition coefficient (Wildman–Crippen LogP) is 4.66. The number of aromatic nitrogens is 2. The van der Waals surface area contributed by atoms with Gasteiger partial charge in [-0.25, -0.2) is 23.1 Å². The van der Waals surface area contributed by atoms with E-state index in [9.17, 15) is 27.9 Å². The van der Waals surface area contributed by atoms with Gasteiger partial charge in [0.15, 0.2) is 0 Å². The molecular weight excluding hydrogens is 533 g/mol. The summed E-state index contributed by atoms with van der Waals surface area (Å²) in [7, 11) is 1.29. The van der Waals surface area contributed by atoms with Crippen LogP contribution in [0.5, 0.6) is 0 Å². The molecule has 0 aliphatic heterocycles. The van der Waals surface area contributed by atoms with Gasteiger partial charge in [-0.1, -0.05) is 0 Å². The Kier molecular flexibility index (Phi) is 8.02. The van der Waals surface area contributed by atoms with Crippen LogP contribution in [-0.2, 0) is 0 Å². The third-order valence-electron chi connectivity index (χ3n) is 5.76. The van der Waals surface area contributed by atoms with Crippen LogP contribution in [0.3, 0.4) is 0 Å². The molecule has 2 heterocycles. The number of carbonyl (C=O) groups is 2. The topological polar surface area (TPSA) is 128 Å². The molecule has 0 bridgehead atoms. The van der Waals surface area contributed by atoms with E-state index in [1.165, 1.54) is 44.5 Å². The van der Waals surface area contributed by atoms with Crippen LogP contribution in [0.4, 0.5) is 36.1 Å². The number of benzene rings is 2. The normalized spacial score (nSPS) is 12.2. The molecule has 0 fully saturated rings. The van der Waals surface area contributed by atoms with E-state index in [0.29, 0.717) is 5.69 Å². The number of halogens is 3. The number of fused-ring (bicyclic) bond motifs is 1. The van der Waals surface area contributed by atoms with Crippen molar-refractivity contribution in [1.82, 2.24) is 20.6 Å². The minimum Gasteiger partial charge on any atom is -0.387 e. The molecule has 5 N–H and O–H groups in total. The molecule has 1 atom stereocenters. The first-order chi connectivity index (χ1) is 18.5. The van der Waals surface area contributed by atoms with Crippen molar-refractivity contribution >= 4 is 56.2 Å². The average Bonchev–Trinajstić information content (AvgIpc) is 3.36. The highest BCUT2D eigenvalue weighted by Crippen LogP contribution is 2.29. The molecule has 4 rings (SSSR count). The van der Waals surface area contributed by atoms with E-state index >= 15 is 0 Å². The average molecular weight is 559 g/mol. The molecule has 0 saturated heterocycles. The van der Waals surface area contributed by atoms with Crippen LogP contribution < -0.4 is 21.3 Å².